The lowest BCUT2D eigenvalue weighted by molar-refractivity contribution is 0.219. The molecule has 1 heterocycles. The molecule has 0 spiro atoms. The van der Waals surface area contributed by atoms with Gasteiger partial charge in [0, 0.05) is 29.7 Å². The molecule has 0 aliphatic carbocycles. The van der Waals surface area contributed by atoms with Crippen molar-refractivity contribution in [2.24, 2.45) is 0 Å². The first-order chi connectivity index (χ1) is 10.3. The quantitative estimate of drug-likeness (QED) is 0.841. The van der Waals surface area contributed by atoms with E-state index in [4.69, 9.17) is 9.47 Å². The average Bonchev–Trinajstić information content (AvgIpc) is 2.71. The molecule has 110 valence electrons. The van der Waals surface area contributed by atoms with Crippen LogP contribution >= 0.6 is 15.9 Å². The van der Waals surface area contributed by atoms with Crippen molar-refractivity contribution in [2.75, 3.05) is 20.3 Å². The normalized spacial score (nSPS) is 15.0. The first-order valence-corrected chi connectivity index (χ1v) is 7.81. The highest BCUT2D eigenvalue weighted by molar-refractivity contribution is 9.10. The Morgan fingerprint density at radius 3 is 2.95 bits per heavy atom. The Hall–Kier alpha value is -1.52. The summed E-state index contributed by atoms with van der Waals surface area (Å²) in [6, 6.07) is 14.3. The molecule has 0 saturated carbocycles. The first-order valence-electron chi connectivity index (χ1n) is 7.02. The van der Waals surface area contributed by atoms with Crippen LogP contribution in [0.1, 0.15) is 11.1 Å². The van der Waals surface area contributed by atoms with Crippen molar-refractivity contribution in [3.05, 3.63) is 58.1 Å². The summed E-state index contributed by atoms with van der Waals surface area (Å²) in [5.74, 6) is 1.89. The van der Waals surface area contributed by atoms with Crippen molar-refractivity contribution in [3.8, 4) is 11.5 Å². The van der Waals surface area contributed by atoms with Crippen LogP contribution < -0.4 is 9.47 Å². The third-order valence-corrected chi connectivity index (χ3v) is 4.45. The van der Waals surface area contributed by atoms with Gasteiger partial charge < -0.3 is 9.47 Å². The Bertz CT molecular complexity index is 630. The van der Waals surface area contributed by atoms with Crippen LogP contribution in [0.15, 0.2) is 46.9 Å². The number of methoxy groups -OCH3 is 1. The Morgan fingerprint density at radius 1 is 1.24 bits per heavy atom. The maximum atomic E-state index is 5.81. The Labute approximate surface area is 133 Å². The third-order valence-electron chi connectivity index (χ3n) is 3.68. The number of fused-ring (bicyclic) bond motifs is 1. The minimum atomic E-state index is 0.721. The predicted molar refractivity (Wildman–Crippen MR) is 86.7 cm³/mol. The summed E-state index contributed by atoms with van der Waals surface area (Å²) >= 11 is 3.62. The summed E-state index contributed by atoms with van der Waals surface area (Å²) < 4.78 is 12.2. The standard InChI is InChI=1S/C17H18BrNO2/c1-20-15-6-7-16(18)14(10-15)12-19-8-9-21-17-5-3-2-4-13(17)11-19/h2-7,10H,8-9,11-12H2,1H3. The van der Waals surface area contributed by atoms with Gasteiger partial charge in [-0.15, -0.1) is 0 Å². The van der Waals surface area contributed by atoms with Crippen LogP contribution in [0, 0.1) is 0 Å². The van der Waals surface area contributed by atoms with Gasteiger partial charge in [0.1, 0.15) is 18.1 Å². The molecular weight excluding hydrogens is 330 g/mol. The summed E-state index contributed by atoms with van der Waals surface area (Å²) in [4.78, 5) is 2.39. The molecule has 3 rings (SSSR count). The maximum absolute atomic E-state index is 5.81. The number of ether oxygens (including phenoxy) is 2. The summed E-state index contributed by atoms with van der Waals surface area (Å²) in [7, 11) is 1.70. The SMILES string of the molecule is COc1ccc(Br)c(CN2CCOc3ccccc3C2)c1. The van der Waals surface area contributed by atoms with Crippen LogP contribution in [0.25, 0.3) is 0 Å². The zero-order valence-electron chi connectivity index (χ0n) is 12.0. The van der Waals surface area contributed by atoms with Crippen LogP contribution in [0.2, 0.25) is 0 Å². The zero-order valence-corrected chi connectivity index (χ0v) is 13.6. The van der Waals surface area contributed by atoms with Crippen LogP contribution in [0.5, 0.6) is 11.5 Å². The summed E-state index contributed by atoms with van der Waals surface area (Å²) in [5, 5.41) is 0. The highest BCUT2D eigenvalue weighted by atomic mass is 79.9. The van der Waals surface area contributed by atoms with Gasteiger partial charge in [-0.05, 0) is 29.8 Å². The van der Waals surface area contributed by atoms with E-state index in [0.717, 1.165) is 42.2 Å². The van der Waals surface area contributed by atoms with Gasteiger partial charge in [-0.1, -0.05) is 34.1 Å². The second-order valence-corrected chi connectivity index (χ2v) is 5.98. The van der Waals surface area contributed by atoms with Gasteiger partial charge in [0.25, 0.3) is 0 Å². The van der Waals surface area contributed by atoms with E-state index in [1.807, 2.05) is 24.3 Å². The minimum absolute atomic E-state index is 0.721. The van der Waals surface area contributed by atoms with Crippen molar-refractivity contribution in [2.45, 2.75) is 13.1 Å². The van der Waals surface area contributed by atoms with Gasteiger partial charge in [-0.25, -0.2) is 0 Å². The summed E-state index contributed by atoms with van der Waals surface area (Å²) in [5.41, 5.74) is 2.47. The van der Waals surface area contributed by atoms with E-state index in [1.165, 1.54) is 11.1 Å². The second kappa shape index (κ2) is 6.50. The van der Waals surface area contributed by atoms with Gasteiger partial charge in [-0.2, -0.15) is 0 Å². The second-order valence-electron chi connectivity index (χ2n) is 5.12. The summed E-state index contributed by atoms with van der Waals surface area (Å²) in [6.07, 6.45) is 0. The molecule has 0 radical (unpaired) electrons. The fraction of sp³-hybridized carbons (Fsp3) is 0.294. The molecule has 21 heavy (non-hydrogen) atoms. The molecule has 0 atom stereocenters. The van der Waals surface area contributed by atoms with E-state index < -0.39 is 0 Å². The lowest BCUT2D eigenvalue weighted by Gasteiger charge is -2.20. The molecule has 3 nitrogen and oxygen atoms in total. The highest BCUT2D eigenvalue weighted by Gasteiger charge is 2.16. The van der Waals surface area contributed by atoms with Gasteiger partial charge in [0.2, 0.25) is 0 Å². The monoisotopic (exact) mass is 347 g/mol. The molecule has 0 amide bonds. The molecule has 0 bridgehead atoms. The molecule has 2 aromatic carbocycles. The number of hydrogen-bond acceptors (Lipinski definition) is 3. The van der Waals surface area contributed by atoms with Crippen molar-refractivity contribution >= 4 is 15.9 Å². The Balaban J connectivity index is 1.79. The molecule has 0 fully saturated rings. The molecule has 1 aliphatic heterocycles. The van der Waals surface area contributed by atoms with E-state index in [0.29, 0.717) is 0 Å². The van der Waals surface area contributed by atoms with Gasteiger partial charge >= 0.3 is 0 Å². The molecular formula is C17H18BrNO2. The van der Waals surface area contributed by atoms with E-state index >= 15 is 0 Å². The number of halogens is 1. The Morgan fingerprint density at radius 2 is 2.10 bits per heavy atom. The zero-order chi connectivity index (χ0) is 14.7. The van der Waals surface area contributed by atoms with Crippen LogP contribution in [-0.2, 0) is 13.1 Å². The average molecular weight is 348 g/mol. The molecule has 2 aromatic rings. The largest absolute Gasteiger partial charge is 0.497 e. The molecule has 0 saturated heterocycles. The number of para-hydroxylation sites is 1. The maximum Gasteiger partial charge on any atom is 0.123 e. The summed E-state index contributed by atoms with van der Waals surface area (Å²) in [6.45, 7) is 3.41. The smallest absolute Gasteiger partial charge is 0.123 e. The van der Waals surface area contributed by atoms with Crippen LogP contribution in [0.3, 0.4) is 0 Å². The molecule has 4 heteroatoms. The van der Waals surface area contributed by atoms with E-state index in [1.54, 1.807) is 7.11 Å². The topological polar surface area (TPSA) is 21.7 Å². The Kier molecular flexibility index (Phi) is 4.46. The third kappa shape index (κ3) is 3.39. The number of rotatable bonds is 3. The predicted octanol–water partition coefficient (Wildman–Crippen LogP) is 3.85. The van der Waals surface area contributed by atoms with Crippen molar-refractivity contribution in [1.29, 1.82) is 0 Å². The van der Waals surface area contributed by atoms with Crippen molar-refractivity contribution in [3.63, 3.8) is 0 Å². The molecule has 0 N–H and O–H groups in total. The number of benzene rings is 2. The minimum Gasteiger partial charge on any atom is -0.497 e. The lowest BCUT2D eigenvalue weighted by Crippen LogP contribution is -2.25. The van der Waals surface area contributed by atoms with Crippen molar-refractivity contribution in [1.82, 2.24) is 4.90 Å². The molecule has 0 unspecified atom stereocenters. The van der Waals surface area contributed by atoms with E-state index in [-0.39, 0.29) is 0 Å². The van der Waals surface area contributed by atoms with Gasteiger partial charge in [0.15, 0.2) is 0 Å². The highest BCUT2D eigenvalue weighted by Crippen LogP contribution is 2.27. The van der Waals surface area contributed by atoms with Crippen LogP contribution in [-0.4, -0.2) is 25.2 Å². The van der Waals surface area contributed by atoms with Crippen molar-refractivity contribution < 1.29 is 9.47 Å². The first kappa shape index (κ1) is 14.4. The number of hydrogen-bond donors (Lipinski definition) is 0. The fourth-order valence-corrected chi connectivity index (χ4v) is 2.93. The van der Waals surface area contributed by atoms with Crippen LogP contribution in [0.4, 0.5) is 0 Å². The van der Waals surface area contributed by atoms with Gasteiger partial charge in [-0.3, -0.25) is 4.90 Å². The molecule has 1 aliphatic rings. The fourth-order valence-electron chi connectivity index (χ4n) is 2.56. The molecule has 0 aromatic heterocycles. The van der Waals surface area contributed by atoms with E-state index in [2.05, 4.69) is 39.0 Å². The number of nitrogens with zero attached hydrogens (tertiary/aromatic N) is 1. The van der Waals surface area contributed by atoms with E-state index in [9.17, 15) is 0 Å². The van der Waals surface area contributed by atoms with Gasteiger partial charge in [0.05, 0.1) is 7.11 Å². The lowest BCUT2D eigenvalue weighted by atomic mass is 10.1.